The van der Waals surface area contributed by atoms with E-state index in [9.17, 15) is 4.79 Å². The lowest BCUT2D eigenvalue weighted by molar-refractivity contribution is 0.102. The highest BCUT2D eigenvalue weighted by atomic mass is 79.9. The van der Waals surface area contributed by atoms with Crippen molar-refractivity contribution >= 4 is 27.5 Å². The van der Waals surface area contributed by atoms with Crippen molar-refractivity contribution in [1.29, 1.82) is 0 Å². The van der Waals surface area contributed by atoms with Gasteiger partial charge in [-0.05, 0) is 41.1 Å². The molecule has 0 aromatic carbocycles. The molecule has 0 saturated carbocycles. The molecule has 0 unspecified atom stereocenters. The summed E-state index contributed by atoms with van der Waals surface area (Å²) < 4.78 is 0.735. The summed E-state index contributed by atoms with van der Waals surface area (Å²) >= 11 is 3.27. The van der Waals surface area contributed by atoms with Gasteiger partial charge in [-0.2, -0.15) is 10.2 Å². The fourth-order valence-electron chi connectivity index (χ4n) is 1.28. The fraction of sp³-hybridized carbons (Fsp3) is 0.0909. The van der Waals surface area contributed by atoms with Crippen LogP contribution in [-0.2, 0) is 0 Å². The van der Waals surface area contributed by atoms with Crippen molar-refractivity contribution in [3.8, 4) is 0 Å². The standard InChI is InChI=1S/C11H9BrN4O/c1-7-9(2-3-10(12)15-7)16-11(17)8-4-5-13-14-6-8/h2-6H,1H3,(H,16,17). The molecule has 17 heavy (non-hydrogen) atoms. The first-order valence-electron chi connectivity index (χ1n) is 4.88. The van der Waals surface area contributed by atoms with Crippen LogP contribution in [0.3, 0.4) is 0 Å². The number of aromatic nitrogens is 3. The Kier molecular flexibility index (Phi) is 3.43. The van der Waals surface area contributed by atoms with E-state index in [1.54, 1.807) is 18.2 Å². The lowest BCUT2D eigenvalue weighted by atomic mass is 10.2. The predicted molar refractivity (Wildman–Crippen MR) is 66.7 cm³/mol. The van der Waals surface area contributed by atoms with Gasteiger partial charge in [0.1, 0.15) is 4.60 Å². The fourth-order valence-corrected chi connectivity index (χ4v) is 1.68. The molecule has 0 saturated heterocycles. The highest BCUT2D eigenvalue weighted by Gasteiger charge is 2.08. The maximum Gasteiger partial charge on any atom is 0.257 e. The van der Waals surface area contributed by atoms with Crippen LogP contribution in [0.25, 0.3) is 0 Å². The van der Waals surface area contributed by atoms with Crippen molar-refractivity contribution in [2.75, 3.05) is 5.32 Å². The molecule has 2 rings (SSSR count). The smallest absolute Gasteiger partial charge is 0.257 e. The first-order chi connectivity index (χ1) is 8.16. The molecule has 0 fully saturated rings. The van der Waals surface area contributed by atoms with E-state index < -0.39 is 0 Å². The molecule has 2 aromatic rings. The molecule has 0 radical (unpaired) electrons. The van der Waals surface area contributed by atoms with Crippen LogP contribution in [0.4, 0.5) is 5.69 Å². The average Bonchev–Trinajstić information content (AvgIpc) is 2.34. The van der Waals surface area contributed by atoms with Gasteiger partial charge in [0.25, 0.3) is 5.91 Å². The Morgan fingerprint density at radius 3 is 2.76 bits per heavy atom. The SMILES string of the molecule is Cc1nc(Br)ccc1NC(=O)c1ccnnc1. The summed E-state index contributed by atoms with van der Waals surface area (Å²) in [5.41, 5.74) is 1.88. The van der Waals surface area contributed by atoms with Crippen LogP contribution in [-0.4, -0.2) is 21.1 Å². The van der Waals surface area contributed by atoms with Crippen molar-refractivity contribution in [2.45, 2.75) is 6.92 Å². The van der Waals surface area contributed by atoms with Crippen LogP contribution in [0.2, 0.25) is 0 Å². The van der Waals surface area contributed by atoms with E-state index >= 15 is 0 Å². The Morgan fingerprint density at radius 2 is 2.12 bits per heavy atom. The zero-order chi connectivity index (χ0) is 12.3. The van der Waals surface area contributed by atoms with Crippen LogP contribution < -0.4 is 5.32 Å². The van der Waals surface area contributed by atoms with Gasteiger partial charge in [0.2, 0.25) is 0 Å². The van der Waals surface area contributed by atoms with Gasteiger partial charge in [0, 0.05) is 0 Å². The number of amides is 1. The van der Waals surface area contributed by atoms with Gasteiger partial charge < -0.3 is 5.32 Å². The van der Waals surface area contributed by atoms with E-state index in [0.29, 0.717) is 11.3 Å². The van der Waals surface area contributed by atoms with E-state index in [2.05, 4.69) is 36.4 Å². The lowest BCUT2D eigenvalue weighted by Gasteiger charge is -2.07. The van der Waals surface area contributed by atoms with Crippen molar-refractivity contribution in [2.24, 2.45) is 0 Å². The molecule has 86 valence electrons. The summed E-state index contributed by atoms with van der Waals surface area (Å²) in [5.74, 6) is -0.230. The molecular formula is C11H9BrN4O. The molecule has 2 heterocycles. The van der Waals surface area contributed by atoms with Crippen LogP contribution in [0.1, 0.15) is 16.1 Å². The van der Waals surface area contributed by atoms with E-state index in [1.165, 1.54) is 12.4 Å². The van der Waals surface area contributed by atoms with E-state index in [4.69, 9.17) is 0 Å². The topological polar surface area (TPSA) is 67.8 Å². The van der Waals surface area contributed by atoms with Gasteiger partial charge in [-0.1, -0.05) is 0 Å². The number of halogens is 1. The van der Waals surface area contributed by atoms with Gasteiger partial charge in [0.05, 0.1) is 29.3 Å². The molecular weight excluding hydrogens is 284 g/mol. The molecule has 0 aliphatic rings. The Labute approximate surface area is 106 Å². The minimum absolute atomic E-state index is 0.230. The Balaban J connectivity index is 2.19. The van der Waals surface area contributed by atoms with E-state index in [-0.39, 0.29) is 5.91 Å². The summed E-state index contributed by atoms with van der Waals surface area (Å²) in [4.78, 5) is 16.0. The predicted octanol–water partition coefficient (Wildman–Crippen LogP) is 2.19. The minimum atomic E-state index is -0.230. The third-order valence-corrected chi connectivity index (χ3v) is 2.59. The molecule has 5 nitrogen and oxygen atoms in total. The van der Waals surface area contributed by atoms with Crippen LogP contribution in [0.5, 0.6) is 0 Å². The van der Waals surface area contributed by atoms with Gasteiger partial charge >= 0.3 is 0 Å². The van der Waals surface area contributed by atoms with Crippen LogP contribution in [0.15, 0.2) is 35.2 Å². The maximum absolute atomic E-state index is 11.8. The van der Waals surface area contributed by atoms with Crippen molar-refractivity contribution < 1.29 is 4.79 Å². The van der Waals surface area contributed by atoms with Gasteiger partial charge in [0.15, 0.2) is 0 Å². The third kappa shape index (κ3) is 2.85. The maximum atomic E-state index is 11.8. The summed E-state index contributed by atoms with van der Waals surface area (Å²) in [6.45, 7) is 1.82. The Morgan fingerprint density at radius 1 is 1.29 bits per heavy atom. The molecule has 0 bridgehead atoms. The monoisotopic (exact) mass is 292 g/mol. The van der Waals surface area contributed by atoms with Gasteiger partial charge in [-0.15, -0.1) is 0 Å². The number of rotatable bonds is 2. The number of nitrogens with one attached hydrogen (secondary N) is 1. The first-order valence-corrected chi connectivity index (χ1v) is 5.67. The molecule has 0 aliphatic carbocycles. The molecule has 2 aromatic heterocycles. The Hall–Kier alpha value is -1.82. The summed E-state index contributed by atoms with van der Waals surface area (Å²) in [6.07, 6.45) is 2.89. The zero-order valence-electron chi connectivity index (χ0n) is 9.01. The third-order valence-electron chi connectivity index (χ3n) is 2.15. The molecule has 0 atom stereocenters. The molecule has 0 spiro atoms. The average molecular weight is 293 g/mol. The normalized spacial score (nSPS) is 10.0. The highest BCUT2D eigenvalue weighted by molar-refractivity contribution is 9.10. The minimum Gasteiger partial charge on any atom is -0.320 e. The molecule has 0 aliphatic heterocycles. The van der Waals surface area contributed by atoms with Crippen molar-refractivity contribution in [3.05, 3.63) is 46.5 Å². The number of anilines is 1. The summed E-state index contributed by atoms with van der Waals surface area (Å²) in [6, 6.07) is 5.16. The number of carbonyl (C=O) groups is 1. The molecule has 6 heteroatoms. The van der Waals surface area contributed by atoms with Gasteiger partial charge in [-0.3, -0.25) is 4.79 Å². The van der Waals surface area contributed by atoms with Gasteiger partial charge in [-0.25, -0.2) is 4.98 Å². The number of nitrogens with zero attached hydrogens (tertiary/aromatic N) is 3. The number of pyridine rings is 1. The Bertz CT molecular complexity index is 544. The highest BCUT2D eigenvalue weighted by Crippen LogP contribution is 2.16. The quantitative estimate of drug-likeness (QED) is 0.862. The second-order valence-corrected chi connectivity index (χ2v) is 4.16. The van der Waals surface area contributed by atoms with E-state index in [1.807, 2.05) is 6.92 Å². The van der Waals surface area contributed by atoms with Crippen LogP contribution in [0, 0.1) is 6.92 Å². The first kappa shape index (κ1) is 11.7. The second kappa shape index (κ2) is 5.01. The van der Waals surface area contributed by atoms with Crippen molar-refractivity contribution in [1.82, 2.24) is 15.2 Å². The number of hydrogen-bond donors (Lipinski definition) is 1. The zero-order valence-corrected chi connectivity index (χ0v) is 10.6. The number of hydrogen-bond acceptors (Lipinski definition) is 4. The number of aryl methyl sites for hydroxylation is 1. The van der Waals surface area contributed by atoms with Crippen molar-refractivity contribution in [3.63, 3.8) is 0 Å². The second-order valence-electron chi connectivity index (χ2n) is 3.35. The molecule has 1 N–H and O–H groups in total. The van der Waals surface area contributed by atoms with E-state index in [0.717, 1.165) is 10.3 Å². The molecule has 1 amide bonds. The number of carbonyl (C=O) groups excluding carboxylic acids is 1. The van der Waals surface area contributed by atoms with Crippen LogP contribution >= 0.6 is 15.9 Å². The summed E-state index contributed by atoms with van der Waals surface area (Å²) in [7, 11) is 0. The summed E-state index contributed by atoms with van der Waals surface area (Å²) in [5, 5.41) is 10.0. The lowest BCUT2D eigenvalue weighted by Crippen LogP contribution is -2.13. The largest absolute Gasteiger partial charge is 0.320 e.